The molecule has 0 bridgehead atoms. The number of ether oxygens (including phenoxy) is 2. The molecule has 2 heterocycles. The molecule has 0 N–H and O–H groups in total. The number of nitrogens with zero attached hydrogens (tertiary/aromatic N) is 2. The zero-order chi connectivity index (χ0) is 19.9. The minimum absolute atomic E-state index is 0.165. The molecule has 0 aliphatic carbocycles. The Labute approximate surface area is 170 Å². The second-order valence-electron chi connectivity index (χ2n) is 8.44. The van der Waals surface area contributed by atoms with Gasteiger partial charge in [0.2, 0.25) is 0 Å². The first-order chi connectivity index (χ1) is 13.6. The molecule has 0 spiro atoms. The Balaban J connectivity index is 1.65. The predicted octanol–water partition coefficient (Wildman–Crippen LogP) is 3.28. The fourth-order valence-corrected chi connectivity index (χ4v) is 4.34. The largest absolute Gasteiger partial charge is 0.383 e. The van der Waals surface area contributed by atoms with Gasteiger partial charge in [0.15, 0.2) is 0 Å². The molecular formula is C23H36N2O3. The van der Waals surface area contributed by atoms with Gasteiger partial charge in [0.05, 0.1) is 12.7 Å². The van der Waals surface area contributed by atoms with Crippen LogP contribution < -0.4 is 0 Å². The van der Waals surface area contributed by atoms with E-state index >= 15 is 0 Å². The van der Waals surface area contributed by atoms with E-state index in [0.717, 1.165) is 88.3 Å². The standard InChI is InChI=1S/C23H36N2O3/c1-18-6-7-19(2)22(15-18)23(26)25(17-21-5-4-13-28-21)16-20-8-10-24(11-9-20)12-14-27-3/h6-7,15,20-21H,4-5,8-14,16-17H2,1-3H3. The molecule has 2 aliphatic heterocycles. The van der Waals surface area contributed by atoms with Crippen molar-refractivity contribution in [2.75, 3.05) is 53.0 Å². The Morgan fingerprint density at radius 3 is 2.68 bits per heavy atom. The molecular weight excluding hydrogens is 352 g/mol. The summed E-state index contributed by atoms with van der Waals surface area (Å²) in [5.41, 5.74) is 3.04. The summed E-state index contributed by atoms with van der Waals surface area (Å²) >= 11 is 0. The van der Waals surface area contributed by atoms with Crippen molar-refractivity contribution in [3.05, 3.63) is 34.9 Å². The number of piperidine rings is 1. The Kier molecular flexibility index (Phi) is 7.89. The van der Waals surface area contributed by atoms with Crippen LogP contribution >= 0.6 is 0 Å². The van der Waals surface area contributed by atoms with E-state index < -0.39 is 0 Å². The summed E-state index contributed by atoms with van der Waals surface area (Å²) in [7, 11) is 1.76. The third-order valence-corrected chi connectivity index (χ3v) is 6.16. The van der Waals surface area contributed by atoms with Gasteiger partial charge in [-0.3, -0.25) is 4.79 Å². The van der Waals surface area contributed by atoms with Crippen LogP contribution in [0.1, 0.15) is 47.2 Å². The maximum Gasteiger partial charge on any atom is 0.254 e. The van der Waals surface area contributed by atoms with Crippen molar-refractivity contribution in [3.63, 3.8) is 0 Å². The van der Waals surface area contributed by atoms with Crippen LogP contribution in [-0.4, -0.2) is 74.9 Å². The monoisotopic (exact) mass is 388 g/mol. The highest BCUT2D eigenvalue weighted by atomic mass is 16.5. The average Bonchev–Trinajstić information content (AvgIpc) is 3.21. The minimum Gasteiger partial charge on any atom is -0.383 e. The molecule has 1 unspecified atom stereocenters. The van der Waals surface area contributed by atoms with E-state index in [4.69, 9.17) is 9.47 Å². The van der Waals surface area contributed by atoms with Crippen molar-refractivity contribution < 1.29 is 14.3 Å². The summed E-state index contributed by atoms with van der Waals surface area (Å²) in [4.78, 5) is 18.0. The quantitative estimate of drug-likeness (QED) is 0.685. The maximum atomic E-state index is 13.4. The van der Waals surface area contributed by atoms with Gasteiger partial charge in [0.25, 0.3) is 5.91 Å². The first kappa shape index (κ1) is 21.3. The molecule has 1 atom stereocenters. The number of carbonyl (C=O) groups excluding carboxylic acids is 1. The van der Waals surface area contributed by atoms with E-state index in [9.17, 15) is 4.79 Å². The lowest BCUT2D eigenvalue weighted by atomic mass is 9.95. The molecule has 0 saturated carbocycles. The Bertz CT molecular complexity index is 635. The van der Waals surface area contributed by atoms with Gasteiger partial charge in [-0.2, -0.15) is 0 Å². The number of amides is 1. The van der Waals surface area contributed by atoms with E-state index in [0.29, 0.717) is 5.92 Å². The van der Waals surface area contributed by atoms with Gasteiger partial charge in [-0.05, 0) is 70.2 Å². The number of hydrogen-bond donors (Lipinski definition) is 0. The SMILES string of the molecule is COCCN1CCC(CN(CC2CCCO2)C(=O)c2cc(C)ccc2C)CC1. The maximum absolute atomic E-state index is 13.4. The number of rotatable bonds is 8. The topological polar surface area (TPSA) is 42.0 Å². The van der Waals surface area contributed by atoms with Gasteiger partial charge in [-0.15, -0.1) is 0 Å². The Morgan fingerprint density at radius 1 is 1.21 bits per heavy atom. The first-order valence-electron chi connectivity index (χ1n) is 10.8. The molecule has 5 nitrogen and oxygen atoms in total. The third-order valence-electron chi connectivity index (χ3n) is 6.16. The summed E-state index contributed by atoms with van der Waals surface area (Å²) < 4.78 is 11.1. The van der Waals surface area contributed by atoms with Crippen LogP contribution in [0.5, 0.6) is 0 Å². The van der Waals surface area contributed by atoms with Crippen molar-refractivity contribution in [2.45, 2.75) is 45.6 Å². The van der Waals surface area contributed by atoms with E-state index in [2.05, 4.69) is 28.9 Å². The van der Waals surface area contributed by atoms with Gasteiger partial charge in [0.1, 0.15) is 0 Å². The number of carbonyl (C=O) groups is 1. The van der Waals surface area contributed by atoms with Crippen LogP contribution in [0, 0.1) is 19.8 Å². The second-order valence-corrected chi connectivity index (χ2v) is 8.44. The zero-order valence-electron chi connectivity index (χ0n) is 17.8. The van der Waals surface area contributed by atoms with Crippen LogP contribution in [0.4, 0.5) is 0 Å². The lowest BCUT2D eigenvalue weighted by molar-refractivity contribution is 0.0436. The molecule has 2 fully saturated rings. The van der Waals surface area contributed by atoms with Gasteiger partial charge in [0, 0.05) is 38.9 Å². The molecule has 156 valence electrons. The summed E-state index contributed by atoms with van der Waals surface area (Å²) in [6.07, 6.45) is 4.65. The molecule has 1 aromatic carbocycles. The summed E-state index contributed by atoms with van der Waals surface area (Å²) in [5.74, 6) is 0.729. The van der Waals surface area contributed by atoms with Crippen LogP contribution in [0.2, 0.25) is 0 Å². The molecule has 28 heavy (non-hydrogen) atoms. The van der Waals surface area contributed by atoms with Crippen molar-refractivity contribution in [2.24, 2.45) is 5.92 Å². The summed E-state index contributed by atoms with van der Waals surface area (Å²) in [5, 5.41) is 0. The van der Waals surface area contributed by atoms with Gasteiger partial charge in [-0.25, -0.2) is 0 Å². The summed E-state index contributed by atoms with van der Waals surface area (Å²) in [6, 6.07) is 6.17. The van der Waals surface area contributed by atoms with Crippen molar-refractivity contribution in [1.82, 2.24) is 9.80 Å². The zero-order valence-corrected chi connectivity index (χ0v) is 17.8. The highest BCUT2D eigenvalue weighted by molar-refractivity contribution is 5.95. The van der Waals surface area contributed by atoms with Crippen molar-refractivity contribution >= 4 is 5.91 Å². The second kappa shape index (κ2) is 10.4. The molecule has 0 radical (unpaired) electrons. The fraction of sp³-hybridized carbons (Fsp3) is 0.696. The number of benzene rings is 1. The molecule has 1 amide bonds. The fourth-order valence-electron chi connectivity index (χ4n) is 4.34. The summed E-state index contributed by atoms with van der Waals surface area (Å²) in [6.45, 7) is 10.5. The number of hydrogen-bond acceptors (Lipinski definition) is 4. The van der Waals surface area contributed by atoms with E-state index in [1.165, 1.54) is 0 Å². The Hall–Kier alpha value is -1.43. The molecule has 3 rings (SSSR count). The molecule has 5 heteroatoms. The lowest BCUT2D eigenvalue weighted by Crippen LogP contribution is -2.44. The Morgan fingerprint density at radius 2 is 2.00 bits per heavy atom. The van der Waals surface area contributed by atoms with Gasteiger partial charge in [-0.1, -0.05) is 17.7 Å². The van der Waals surface area contributed by atoms with E-state index in [1.54, 1.807) is 7.11 Å². The van der Waals surface area contributed by atoms with Crippen molar-refractivity contribution in [1.29, 1.82) is 0 Å². The molecule has 2 saturated heterocycles. The molecule has 2 aliphatic rings. The smallest absolute Gasteiger partial charge is 0.254 e. The normalized spacial score (nSPS) is 21.2. The number of likely N-dealkylation sites (tertiary alicyclic amines) is 1. The highest BCUT2D eigenvalue weighted by Gasteiger charge is 2.28. The van der Waals surface area contributed by atoms with Crippen LogP contribution in [-0.2, 0) is 9.47 Å². The van der Waals surface area contributed by atoms with Crippen LogP contribution in [0.15, 0.2) is 18.2 Å². The molecule has 0 aromatic heterocycles. The van der Waals surface area contributed by atoms with Crippen LogP contribution in [0.25, 0.3) is 0 Å². The highest BCUT2D eigenvalue weighted by Crippen LogP contribution is 2.23. The third kappa shape index (κ3) is 5.79. The predicted molar refractivity (Wildman–Crippen MR) is 112 cm³/mol. The lowest BCUT2D eigenvalue weighted by Gasteiger charge is -2.35. The molecule has 1 aromatic rings. The van der Waals surface area contributed by atoms with Crippen LogP contribution in [0.3, 0.4) is 0 Å². The average molecular weight is 389 g/mol. The number of methoxy groups -OCH3 is 1. The van der Waals surface area contributed by atoms with Gasteiger partial charge >= 0.3 is 0 Å². The van der Waals surface area contributed by atoms with Crippen molar-refractivity contribution in [3.8, 4) is 0 Å². The first-order valence-corrected chi connectivity index (χ1v) is 10.8. The van der Waals surface area contributed by atoms with E-state index in [1.807, 2.05) is 13.0 Å². The number of aryl methyl sites for hydroxylation is 2. The van der Waals surface area contributed by atoms with E-state index in [-0.39, 0.29) is 12.0 Å². The van der Waals surface area contributed by atoms with Gasteiger partial charge < -0.3 is 19.3 Å². The minimum atomic E-state index is 0.165.